The second-order valence-corrected chi connectivity index (χ2v) is 13.5. The summed E-state index contributed by atoms with van der Waals surface area (Å²) in [7, 11) is 1.85. The van der Waals surface area contributed by atoms with Crippen molar-refractivity contribution in [3.05, 3.63) is 58.5 Å². The largest absolute Gasteiger partial charge is 1.00 e. The van der Waals surface area contributed by atoms with Crippen LogP contribution in [0.15, 0.2) is 17.1 Å². The molecule has 4 heterocycles. The molecule has 0 spiro atoms. The van der Waals surface area contributed by atoms with Crippen LogP contribution in [0.2, 0.25) is 0 Å². The molecule has 3 aromatic rings. The Labute approximate surface area is 345 Å². The average molecular weight is 728 g/mol. The van der Waals surface area contributed by atoms with Gasteiger partial charge in [-0.15, -0.1) is 34.1 Å². The number of thiophene rings is 1. The SMILES string of the molecule is CC.CC.CCCc1[c-]c(/C(=N\[CH-]N2CCC(CC)C2C)NC2CCCN(C)C2=O)c2c(c1-c1ccc(F)c3sc(N)c(C#N)c13)COC2.[K+]. The fourth-order valence-corrected chi connectivity index (χ4v) is 8.15. The molecule has 2 saturated heterocycles. The number of nitriles is 1. The first-order chi connectivity index (χ1) is 23.8. The van der Waals surface area contributed by atoms with Crippen LogP contribution < -0.4 is 62.4 Å². The number of nitrogens with zero attached hydrogens (tertiary/aromatic N) is 4. The number of aryl methyl sites for hydroxylation is 1. The van der Waals surface area contributed by atoms with Gasteiger partial charge in [0.15, 0.2) is 0 Å². The molecule has 3 N–H and O–H groups in total. The molecule has 6 rings (SSSR count). The summed E-state index contributed by atoms with van der Waals surface area (Å²) in [6.07, 6.45) is 5.46. The summed E-state index contributed by atoms with van der Waals surface area (Å²) in [5.41, 5.74) is 11.9. The summed E-state index contributed by atoms with van der Waals surface area (Å²) in [6.45, 7) is 18.9. The number of nitrogens with one attached hydrogen (secondary N) is 1. The van der Waals surface area contributed by atoms with Gasteiger partial charge in [0.2, 0.25) is 5.91 Å². The smallest absolute Gasteiger partial charge is 0.438 e. The fraction of sp³-hybridized carbons (Fsp3) is 0.538. The number of likely N-dealkylation sites (tertiary alicyclic amines) is 2. The molecular weight excluding hydrogens is 675 g/mol. The number of rotatable bonds is 8. The third-order valence-corrected chi connectivity index (χ3v) is 10.8. The monoisotopic (exact) mass is 727 g/mol. The zero-order valence-corrected chi connectivity index (χ0v) is 35.4. The van der Waals surface area contributed by atoms with Crippen molar-refractivity contribution in [2.45, 2.75) is 112 Å². The number of hydrogen-bond donors (Lipinski definition) is 2. The molecule has 3 aliphatic heterocycles. The second kappa shape index (κ2) is 19.7. The number of ether oxygens (including phenoxy) is 1. The molecule has 0 aliphatic carbocycles. The summed E-state index contributed by atoms with van der Waals surface area (Å²) in [5, 5.41) is 14.4. The number of likely N-dealkylation sites (N-methyl/N-ethyl adjacent to an activating group) is 1. The molecule has 1 amide bonds. The van der Waals surface area contributed by atoms with Gasteiger partial charge in [-0.25, -0.2) is 4.39 Å². The fourth-order valence-electron chi connectivity index (χ4n) is 7.20. The maximum atomic E-state index is 15.0. The number of aliphatic imine (C=N–C) groups is 1. The Balaban J connectivity index is 0.00000131. The zero-order chi connectivity index (χ0) is 35.8. The number of piperidine rings is 1. The number of fused-ring (bicyclic) bond motifs is 2. The molecule has 8 nitrogen and oxygen atoms in total. The Morgan fingerprint density at radius 3 is 2.58 bits per heavy atom. The van der Waals surface area contributed by atoms with Crippen molar-refractivity contribution in [1.29, 1.82) is 5.26 Å². The van der Waals surface area contributed by atoms with Crippen molar-refractivity contribution in [2.24, 2.45) is 10.9 Å². The number of carbonyl (C=O) groups excluding carboxylic acids is 1. The standard InChI is InChI=1S/C35H41FN6O2S.2C2H6.K/c1-5-8-22-15-24(34(40-29-9-7-13-41(4)35(29)43)39-19-42-14-12-21(6-2)20(42)3)26-17-44-18-27(26)30(22)23-10-11-28(36)32-31(23)25(16-37)33(38)45-32;2*1-2;/h10-11,19-21,29H,5-9,12-14,17-18,38H2,1-4H3,(H,39,40);2*1-2H3;/q-2;;;+1. The van der Waals surface area contributed by atoms with E-state index in [1.54, 1.807) is 11.0 Å². The van der Waals surface area contributed by atoms with Crippen LogP contribution in [0.1, 0.15) is 108 Å². The number of amidine groups is 1. The van der Waals surface area contributed by atoms with Gasteiger partial charge in [0, 0.05) is 25.6 Å². The summed E-state index contributed by atoms with van der Waals surface area (Å²) in [4.78, 5) is 22.4. The second-order valence-electron chi connectivity index (χ2n) is 12.4. The van der Waals surface area contributed by atoms with Crippen LogP contribution in [-0.4, -0.2) is 53.8 Å². The quantitative estimate of drug-likeness (QED) is 0.143. The van der Waals surface area contributed by atoms with Crippen LogP contribution in [-0.2, 0) is 29.2 Å². The Bertz CT molecular complexity index is 1700. The molecule has 0 radical (unpaired) electrons. The minimum atomic E-state index is -0.393. The average Bonchev–Trinajstić information content (AvgIpc) is 3.84. The molecule has 3 aliphatic rings. The number of nitrogens with two attached hydrogens (primary N) is 1. The van der Waals surface area contributed by atoms with E-state index in [9.17, 15) is 10.1 Å². The first kappa shape index (κ1) is 42.4. The topological polar surface area (TPSA) is 107 Å². The van der Waals surface area contributed by atoms with Gasteiger partial charge in [-0.1, -0.05) is 85.2 Å². The van der Waals surface area contributed by atoms with Crippen LogP contribution >= 0.6 is 11.3 Å². The predicted octanol–water partition coefficient (Wildman–Crippen LogP) is 5.20. The van der Waals surface area contributed by atoms with Crippen molar-refractivity contribution >= 4 is 38.2 Å². The van der Waals surface area contributed by atoms with E-state index in [4.69, 9.17) is 15.5 Å². The van der Waals surface area contributed by atoms with E-state index in [2.05, 4.69) is 43.1 Å². The van der Waals surface area contributed by atoms with E-state index in [1.807, 2.05) is 41.4 Å². The first-order valence-electron chi connectivity index (χ1n) is 18.0. The van der Waals surface area contributed by atoms with Crippen LogP contribution in [0.4, 0.5) is 9.39 Å². The summed E-state index contributed by atoms with van der Waals surface area (Å²) in [5.74, 6) is 0.900. The number of hydrogen-bond acceptors (Lipinski definition) is 7. The van der Waals surface area contributed by atoms with Crippen molar-refractivity contribution in [1.82, 2.24) is 15.1 Å². The number of nitrogen functional groups attached to an aromatic ring is 1. The molecule has 11 heteroatoms. The molecular formula is C39H53FKN6O2S-. The number of carbonyl (C=O) groups is 1. The van der Waals surface area contributed by atoms with Crippen molar-refractivity contribution < 1.29 is 65.3 Å². The normalized spacial score (nSPS) is 20.2. The minimum Gasteiger partial charge on any atom is -0.438 e. The zero-order valence-electron chi connectivity index (χ0n) is 31.5. The molecule has 266 valence electrons. The Morgan fingerprint density at radius 2 is 1.92 bits per heavy atom. The molecule has 2 aromatic carbocycles. The van der Waals surface area contributed by atoms with Gasteiger partial charge in [0.05, 0.1) is 22.9 Å². The van der Waals surface area contributed by atoms with E-state index in [-0.39, 0.29) is 63.3 Å². The third kappa shape index (κ3) is 8.61. The van der Waals surface area contributed by atoms with Crippen molar-refractivity contribution in [3.63, 3.8) is 0 Å². The van der Waals surface area contributed by atoms with Crippen LogP contribution in [0.3, 0.4) is 0 Å². The van der Waals surface area contributed by atoms with Gasteiger partial charge < -0.3 is 30.6 Å². The van der Waals surface area contributed by atoms with Gasteiger partial charge in [0.25, 0.3) is 0 Å². The molecule has 50 heavy (non-hydrogen) atoms. The first-order valence-corrected chi connectivity index (χ1v) is 18.9. The van der Waals surface area contributed by atoms with Gasteiger partial charge in [-0.2, -0.15) is 5.26 Å². The van der Waals surface area contributed by atoms with Gasteiger partial charge in [-0.3, -0.25) is 4.79 Å². The molecule has 2 fully saturated rings. The third-order valence-electron chi connectivity index (χ3n) is 9.77. The number of benzene rings is 2. The van der Waals surface area contributed by atoms with Gasteiger partial charge in [0.1, 0.15) is 16.9 Å². The van der Waals surface area contributed by atoms with E-state index >= 15 is 4.39 Å². The van der Waals surface area contributed by atoms with E-state index in [0.717, 1.165) is 89.9 Å². The van der Waals surface area contributed by atoms with Crippen LogP contribution in [0.5, 0.6) is 0 Å². The summed E-state index contributed by atoms with van der Waals surface area (Å²) in [6, 6.07) is 9.13. The predicted molar refractivity (Wildman–Crippen MR) is 200 cm³/mol. The van der Waals surface area contributed by atoms with E-state index in [1.165, 1.54) is 6.07 Å². The molecule has 0 bridgehead atoms. The van der Waals surface area contributed by atoms with Crippen molar-refractivity contribution in [2.75, 3.05) is 25.9 Å². The van der Waals surface area contributed by atoms with E-state index < -0.39 is 5.82 Å². The number of amides is 1. The maximum Gasteiger partial charge on any atom is 1.00 e. The van der Waals surface area contributed by atoms with Crippen LogP contribution in [0.25, 0.3) is 21.2 Å². The summed E-state index contributed by atoms with van der Waals surface area (Å²) < 4.78 is 21.5. The number of halogens is 1. The Kier molecular flexibility index (Phi) is 16.7. The molecule has 1 aromatic heterocycles. The summed E-state index contributed by atoms with van der Waals surface area (Å²) >= 11 is 1.10. The van der Waals surface area contributed by atoms with E-state index in [0.29, 0.717) is 58.1 Å². The van der Waals surface area contributed by atoms with Crippen LogP contribution in [0, 0.1) is 35.8 Å². The van der Waals surface area contributed by atoms with Crippen molar-refractivity contribution in [3.8, 4) is 17.2 Å². The minimum absolute atomic E-state index is 0. The Hall–Kier alpha value is -2.01. The van der Waals surface area contributed by atoms with Gasteiger partial charge in [-0.05, 0) is 61.7 Å². The molecule has 0 saturated carbocycles. The molecule has 3 atom stereocenters. The number of anilines is 1. The maximum absolute atomic E-state index is 15.0. The molecule has 3 unspecified atom stereocenters. The van der Waals surface area contributed by atoms with Gasteiger partial charge >= 0.3 is 51.4 Å². The Morgan fingerprint density at radius 1 is 1.20 bits per heavy atom.